The van der Waals surface area contributed by atoms with Gasteiger partial charge in [0.05, 0.1) is 19.8 Å². The van der Waals surface area contributed by atoms with Gasteiger partial charge in [0, 0.05) is 12.6 Å². The minimum Gasteiger partial charge on any atom is -0.489 e. The van der Waals surface area contributed by atoms with Crippen LogP contribution in [-0.4, -0.2) is 50.8 Å². The Kier molecular flexibility index (Phi) is 8.17. The van der Waals surface area contributed by atoms with Crippen LogP contribution in [-0.2, 0) is 9.47 Å². The summed E-state index contributed by atoms with van der Waals surface area (Å²) in [4.78, 5) is 11.2. The Balaban J connectivity index is 1.95. The lowest BCUT2D eigenvalue weighted by Gasteiger charge is -2.08. The van der Waals surface area contributed by atoms with E-state index in [9.17, 15) is 4.79 Å². The van der Waals surface area contributed by atoms with E-state index in [0.717, 1.165) is 0 Å². The van der Waals surface area contributed by atoms with Gasteiger partial charge in [0.1, 0.15) is 19.0 Å². The van der Waals surface area contributed by atoms with Gasteiger partial charge in [-0.15, -0.1) is 0 Å². The Hall–Kier alpha value is -1.79. The molecule has 1 aromatic rings. The third-order valence-corrected chi connectivity index (χ3v) is 2.01. The second-order valence-corrected chi connectivity index (χ2v) is 3.47. The van der Waals surface area contributed by atoms with E-state index in [-0.39, 0.29) is 26.4 Å². The first-order chi connectivity index (χ1) is 9.33. The maximum absolute atomic E-state index is 11.2. The first-order valence-electron chi connectivity index (χ1n) is 6.01. The lowest BCUT2D eigenvalue weighted by Crippen LogP contribution is -2.29. The maximum Gasteiger partial charge on any atom is 0.407 e. The monoisotopic (exact) mass is 268 g/mol. The number of nitrogens with one attached hydrogen (secondary N) is 1. The fraction of sp³-hybridized carbons (Fsp3) is 0.462. The van der Waals surface area contributed by atoms with Crippen LogP contribution in [0.2, 0.25) is 0 Å². The lowest BCUT2D eigenvalue weighted by molar-refractivity contribution is 0.0889. The number of rotatable bonds is 9. The van der Waals surface area contributed by atoms with Crippen molar-refractivity contribution in [2.24, 2.45) is 0 Å². The molecule has 1 aromatic carbocycles. The first-order valence-corrected chi connectivity index (χ1v) is 6.01. The Morgan fingerprint density at radius 3 is 2.89 bits per heavy atom. The molecule has 0 saturated heterocycles. The van der Waals surface area contributed by atoms with Crippen molar-refractivity contribution in [2.75, 3.05) is 39.6 Å². The SMILES string of the molecule is O=C(NCCOCCO)OCCOc1[c]cccc1. The smallest absolute Gasteiger partial charge is 0.407 e. The standard InChI is InChI=1S/C13H18NO5/c15-7-9-17-8-6-14-13(16)19-11-10-18-12-4-2-1-3-5-12/h1-4,15H,6-11H2,(H,14,16). The van der Waals surface area contributed by atoms with Gasteiger partial charge < -0.3 is 24.6 Å². The van der Waals surface area contributed by atoms with Crippen LogP contribution in [0.15, 0.2) is 24.3 Å². The van der Waals surface area contributed by atoms with Crippen LogP contribution in [0.4, 0.5) is 4.79 Å². The summed E-state index contributed by atoms with van der Waals surface area (Å²) >= 11 is 0. The van der Waals surface area contributed by atoms with Crippen LogP contribution in [0.1, 0.15) is 0 Å². The topological polar surface area (TPSA) is 77.0 Å². The van der Waals surface area contributed by atoms with Crippen molar-refractivity contribution in [3.8, 4) is 5.75 Å². The van der Waals surface area contributed by atoms with Crippen molar-refractivity contribution in [3.63, 3.8) is 0 Å². The highest BCUT2D eigenvalue weighted by atomic mass is 16.6. The van der Waals surface area contributed by atoms with Crippen LogP contribution in [0.25, 0.3) is 0 Å². The van der Waals surface area contributed by atoms with Gasteiger partial charge in [-0.2, -0.15) is 0 Å². The molecule has 0 aromatic heterocycles. The number of hydrogen-bond donors (Lipinski definition) is 2. The van der Waals surface area contributed by atoms with E-state index in [4.69, 9.17) is 19.3 Å². The summed E-state index contributed by atoms with van der Waals surface area (Å²) in [5, 5.41) is 11.0. The molecule has 0 saturated carbocycles. The van der Waals surface area contributed by atoms with Crippen molar-refractivity contribution < 1.29 is 24.1 Å². The molecule has 19 heavy (non-hydrogen) atoms. The van der Waals surface area contributed by atoms with Gasteiger partial charge in [-0.3, -0.25) is 0 Å². The second-order valence-electron chi connectivity index (χ2n) is 3.47. The van der Waals surface area contributed by atoms with E-state index >= 15 is 0 Å². The number of carbonyl (C=O) groups is 1. The number of alkyl carbamates (subject to hydrolysis) is 1. The second kappa shape index (κ2) is 10.2. The largest absolute Gasteiger partial charge is 0.489 e. The highest BCUT2D eigenvalue weighted by Gasteiger charge is 2.01. The molecule has 1 amide bonds. The lowest BCUT2D eigenvalue weighted by atomic mass is 10.3. The number of aliphatic hydroxyl groups is 1. The molecule has 0 unspecified atom stereocenters. The van der Waals surface area contributed by atoms with E-state index < -0.39 is 6.09 Å². The third kappa shape index (κ3) is 8.01. The Morgan fingerprint density at radius 2 is 2.16 bits per heavy atom. The minimum absolute atomic E-state index is 0.0295. The first kappa shape index (κ1) is 15.3. The Morgan fingerprint density at radius 1 is 1.26 bits per heavy atom. The zero-order chi connectivity index (χ0) is 13.8. The van der Waals surface area contributed by atoms with Gasteiger partial charge >= 0.3 is 6.09 Å². The molecule has 0 spiro atoms. The molecular formula is C13H18NO5. The molecule has 0 aliphatic carbocycles. The van der Waals surface area contributed by atoms with Gasteiger partial charge in [0.2, 0.25) is 0 Å². The molecule has 6 nitrogen and oxygen atoms in total. The molecular weight excluding hydrogens is 250 g/mol. The predicted molar refractivity (Wildman–Crippen MR) is 68.0 cm³/mol. The normalized spacial score (nSPS) is 9.95. The highest BCUT2D eigenvalue weighted by molar-refractivity contribution is 5.67. The van der Waals surface area contributed by atoms with Crippen LogP contribution in [0, 0.1) is 6.07 Å². The number of carbonyl (C=O) groups excluding carboxylic acids is 1. The minimum atomic E-state index is -0.520. The fourth-order valence-electron chi connectivity index (χ4n) is 1.20. The van der Waals surface area contributed by atoms with Gasteiger partial charge in [0.25, 0.3) is 0 Å². The molecule has 0 heterocycles. The van der Waals surface area contributed by atoms with E-state index in [2.05, 4.69) is 11.4 Å². The summed E-state index contributed by atoms with van der Waals surface area (Å²) in [7, 11) is 0. The molecule has 0 fully saturated rings. The Bertz CT molecular complexity index is 344. The zero-order valence-corrected chi connectivity index (χ0v) is 10.6. The summed E-state index contributed by atoms with van der Waals surface area (Å²) in [6, 6.07) is 10.1. The number of amides is 1. The molecule has 0 aliphatic heterocycles. The Labute approximate surface area is 112 Å². The molecule has 1 radical (unpaired) electrons. The quantitative estimate of drug-likeness (QED) is 0.641. The number of para-hydroxylation sites is 1. The van der Waals surface area contributed by atoms with E-state index in [1.807, 2.05) is 12.1 Å². The average molecular weight is 268 g/mol. The fourth-order valence-corrected chi connectivity index (χ4v) is 1.20. The summed E-state index contributed by atoms with van der Waals surface area (Å²) in [6.45, 7) is 1.34. The molecule has 1 rings (SSSR count). The van der Waals surface area contributed by atoms with Crippen LogP contribution >= 0.6 is 0 Å². The number of ether oxygens (including phenoxy) is 3. The summed E-state index contributed by atoms with van der Waals surface area (Å²) in [5.41, 5.74) is 0. The summed E-state index contributed by atoms with van der Waals surface area (Å²) in [6.07, 6.45) is -0.520. The maximum atomic E-state index is 11.2. The number of benzene rings is 1. The van der Waals surface area contributed by atoms with Gasteiger partial charge in [-0.25, -0.2) is 4.79 Å². The third-order valence-electron chi connectivity index (χ3n) is 2.01. The van der Waals surface area contributed by atoms with Crippen LogP contribution in [0.5, 0.6) is 5.75 Å². The van der Waals surface area contributed by atoms with Gasteiger partial charge in [-0.1, -0.05) is 18.2 Å². The predicted octanol–water partition coefficient (Wildman–Crippen LogP) is 0.601. The average Bonchev–Trinajstić information content (AvgIpc) is 2.44. The molecule has 105 valence electrons. The molecule has 2 N–H and O–H groups in total. The van der Waals surface area contributed by atoms with Crippen LogP contribution in [0.3, 0.4) is 0 Å². The van der Waals surface area contributed by atoms with Gasteiger partial charge in [-0.05, 0) is 6.07 Å². The van der Waals surface area contributed by atoms with Crippen molar-refractivity contribution in [1.29, 1.82) is 0 Å². The number of aliphatic hydroxyl groups excluding tert-OH is 1. The zero-order valence-electron chi connectivity index (χ0n) is 10.6. The van der Waals surface area contributed by atoms with E-state index in [0.29, 0.717) is 18.9 Å². The van der Waals surface area contributed by atoms with Crippen LogP contribution < -0.4 is 10.1 Å². The van der Waals surface area contributed by atoms with E-state index in [1.165, 1.54) is 0 Å². The van der Waals surface area contributed by atoms with Gasteiger partial charge in [0.15, 0.2) is 0 Å². The number of hydrogen-bond acceptors (Lipinski definition) is 5. The van der Waals surface area contributed by atoms with Crippen molar-refractivity contribution in [3.05, 3.63) is 30.3 Å². The van der Waals surface area contributed by atoms with Crippen molar-refractivity contribution >= 4 is 6.09 Å². The molecule has 0 bridgehead atoms. The highest BCUT2D eigenvalue weighted by Crippen LogP contribution is 2.06. The summed E-state index contributed by atoms with van der Waals surface area (Å²) in [5.74, 6) is 0.615. The molecule has 0 atom stereocenters. The molecule has 6 heteroatoms. The van der Waals surface area contributed by atoms with Crippen molar-refractivity contribution in [2.45, 2.75) is 0 Å². The van der Waals surface area contributed by atoms with Crippen molar-refractivity contribution in [1.82, 2.24) is 5.32 Å². The molecule has 0 aliphatic rings. The van der Waals surface area contributed by atoms with E-state index in [1.54, 1.807) is 12.1 Å². The summed E-state index contributed by atoms with van der Waals surface area (Å²) < 4.78 is 15.1.